The maximum absolute atomic E-state index is 12.7. The number of nitrogens with zero attached hydrogens (tertiary/aromatic N) is 1. The maximum Gasteiger partial charge on any atom is 0.373 e. The molecule has 0 bridgehead atoms. The van der Waals surface area contributed by atoms with E-state index < -0.39 is 30.5 Å². The molecule has 2 heterocycles. The molecule has 1 aliphatic rings. The highest BCUT2D eigenvalue weighted by molar-refractivity contribution is 6.14. The summed E-state index contributed by atoms with van der Waals surface area (Å²) in [5.74, 6) is -2.01. The van der Waals surface area contributed by atoms with E-state index in [4.69, 9.17) is 19.0 Å². The Morgan fingerprint density at radius 3 is 2.65 bits per heavy atom. The number of carboxylic acids is 1. The van der Waals surface area contributed by atoms with Gasteiger partial charge in [0.25, 0.3) is 5.91 Å². The Bertz CT molecular complexity index is 1070. The van der Waals surface area contributed by atoms with Gasteiger partial charge in [-0.3, -0.25) is 9.69 Å². The first kappa shape index (κ1) is 21.4. The zero-order chi connectivity index (χ0) is 22.5. The molecule has 0 aliphatic carbocycles. The molecule has 2 N–H and O–H groups in total. The van der Waals surface area contributed by atoms with E-state index in [1.807, 2.05) is 0 Å². The number of carbonyl (C=O) groups is 4. The lowest BCUT2D eigenvalue weighted by Gasteiger charge is -2.12. The molecule has 1 saturated heterocycles. The molecule has 162 valence electrons. The molecule has 31 heavy (non-hydrogen) atoms. The Labute approximate surface area is 175 Å². The molecule has 11 heteroatoms. The number of urea groups is 1. The number of ether oxygens (including phenoxy) is 3. The molecule has 1 fully saturated rings. The van der Waals surface area contributed by atoms with Gasteiger partial charge >= 0.3 is 18.0 Å². The predicted octanol–water partition coefficient (Wildman–Crippen LogP) is 1.63. The molecule has 11 nitrogen and oxygen atoms in total. The number of nitrogens with one attached hydrogen (secondary N) is 1. The second kappa shape index (κ2) is 9.03. The SMILES string of the molecule is COC(=O)c1ccc(CN2C(=O)N/C(=C\c3cccc(OC)c3OCC(=O)O)C2=O)o1. The van der Waals surface area contributed by atoms with Crippen LogP contribution >= 0.6 is 0 Å². The summed E-state index contributed by atoms with van der Waals surface area (Å²) in [5.41, 5.74) is 0.273. The number of methoxy groups -OCH3 is 2. The Kier molecular flexibility index (Phi) is 6.24. The molecule has 1 aromatic heterocycles. The first-order chi connectivity index (χ1) is 14.8. The van der Waals surface area contributed by atoms with Crippen molar-refractivity contribution in [2.75, 3.05) is 20.8 Å². The van der Waals surface area contributed by atoms with Gasteiger partial charge in [0, 0.05) is 5.56 Å². The Morgan fingerprint density at radius 1 is 1.19 bits per heavy atom. The summed E-state index contributed by atoms with van der Waals surface area (Å²) in [5, 5.41) is 11.3. The Hall–Kier alpha value is -4.28. The van der Waals surface area contributed by atoms with Crippen molar-refractivity contribution >= 4 is 30.0 Å². The summed E-state index contributed by atoms with van der Waals surface area (Å²) in [6, 6.07) is 6.89. The van der Waals surface area contributed by atoms with Gasteiger partial charge in [0.15, 0.2) is 18.1 Å². The lowest BCUT2D eigenvalue weighted by molar-refractivity contribution is -0.139. The largest absolute Gasteiger partial charge is 0.493 e. The first-order valence-corrected chi connectivity index (χ1v) is 8.87. The third-order valence-electron chi connectivity index (χ3n) is 4.19. The Morgan fingerprint density at radius 2 is 1.97 bits per heavy atom. The zero-order valence-electron chi connectivity index (χ0n) is 16.5. The van der Waals surface area contributed by atoms with Crippen molar-refractivity contribution in [1.82, 2.24) is 10.2 Å². The van der Waals surface area contributed by atoms with E-state index in [1.165, 1.54) is 32.4 Å². The number of rotatable bonds is 8. The van der Waals surface area contributed by atoms with Crippen LogP contribution in [0.15, 0.2) is 40.4 Å². The number of esters is 1. The number of para-hydroxylation sites is 1. The number of furan rings is 1. The molecular formula is C20H18N2O9. The van der Waals surface area contributed by atoms with Crippen LogP contribution in [-0.2, 0) is 20.9 Å². The molecule has 0 saturated carbocycles. The third kappa shape index (κ3) is 4.66. The van der Waals surface area contributed by atoms with E-state index in [0.29, 0.717) is 5.56 Å². The number of benzene rings is 1. The van der Waals surface area contributed by atoms with Gasteiger partial charge in [0.1, 0.15) is 11.5 Å². The first-order valence-electron chi connectivity index (χ1n) is 8.87. The zero-order valence-corrected chi connectivity index (χ0v) is 16.5. The van der Waals surface area contributed by atoms with E-state index in [2.05, 4.69) is 10.1 Å². The fraction of sp³-hybridized carbons (Fsp3) is 0.200. The summed E-state index contributed by atoms with van der Waals surface area (Å²) in [6.07, 6.45) is 1.35. The molecule has 1 aromatic carbocycles. The summed E-state index contributed by atoms with van der Waals surface area (Å²) in [7, 11) is 2.59. The number of hydrogen-bond donors (Lipinski definition) is 2. The summed E-state index contributed by atoms with van der Waals surface area (Å²) in [4.78, 5) is 48.3. The van der Waals surface area contributed by atoms with Gasteiger partial charge in [-0.05, 0) is 24.3 Å². The number of hydrogen-bond acceptors (Lipinski definition) is 8. The van der Waals surface area contributed by atoms with Crippen LogP contribution in [0, 0.1) is 0 Å². The summed E-state index contributed by atoms with van der Waals surface area (Å²) in [6.45, 7) is -0.830. The van der Waals surface area contributed by atoms with Gasteiger partial charge < -0.3 is 29.1 Å². The maximum atomic E-state index is 12.7. The topological polar surface area (TPSA) is 145 Å². The van der Waals surface area contributed by atoms with Crippen LogP contribution in [0.2, 0.25) is 0 Å². The summed E-state index contributed by atoms with van der Waals surface area (Å²) < 4.78 is 20.3. The molecule has 3 rings (SSSR count). The third-order valence-corrected chi connectivity index (χ3v) is 4.19. The van der Waals surface area contributed by atoms with E-state index >= 15 is 0 Å². The number of carbonyl (C=O) groups excluding carboxylic acids is 3. The van der Waals surface area contributed by atoms with Crippen molar-refractivity contribution in [1.29, 1.82) is 0 Å². The van der Waals surface area contributed by atoms with Gasteiger partial charge in [-0.1, -0.05) is 12.1 Å². The molecule has 0 unspecified atom stereocenters. The predicted molar refractivity (Wildman–Crippen MR) is 103 cm³/mol. The van der Waals surface area contributed by atoms with Gasteiger partial charge in [-0.25, -0.2) is 14.4 Å². The second-order valence-electron chi connectivity index (χ2n) is 6.20. The number of amides is 3. The van der Waals surface area contributed by atoms with Crippen LogP contribution in [0.1, 0.15) is 21.9 Å². The molecule has 0 atom stereocenters. The minimum Gasteiger partial charge on any atom is -0.493 e. The standard InChI is InChI=1S/C20H18N2O9/c1-28-14-5-3-4-11(17(14)30-10-16(23)24)8-13-18(25)22(20(27)21-13)9-12-6-7-15(31-12)19(26)29-2/h3-8H,9-10H2,1-2H3,(H,21,27)(H,23,24)/b13-8-. The van der Waals surface area contributed by atoms with Crippen molar-refractivity contribution in [2.24, 2.45) is 0 Å². The molecule has 1 aliphatic heterocycles. The fourth-order valence-electron chi connectivity index (χ4n) is 2.80. The van der Waals surface area contributed by atoms with Crippen LogP contribution in [0.4, 0.5) is 4.79 Å². The van der Waals surface area contributed by atoms with Crippen molar-refractivity contribution in [3.8, 4) is 11.5 Å². The van der Waals surface area contributed by atoms with Crippen molar-refractivity contribution in [3.05, 3.63) is 53.1 Å². The lowest BCUT2D eigenvalue weighted by Crippen LogP contribution is -2.30. The van der Waals surface area contributed by atoms with E-state index in [1.54, 1.807) is 18.2 Å². The smallest absolute Gasteiger partial charge is 0.373 e. The fourth-order valence-corrected chi connectivity index (χ4v) is 2.80. The minimum absolute atomic E-state index is 0.0572. The highest BCUT2D eigenvalue weighted by atomic mass is 16.5. The minimum atomic E-state index is -1.19. The highest BCUT2D eigenvalue weighted by Crippen LogP contribution is 2.33. The molecule has 0 spiro atoms. The van der Waals surface area contributed by atoms with Gasteiger partial charge in [-0.2, -0.15) is 0 Å². The summed E-state index contributed by atoms with van der Waals surface area (Å²) >= 11 is 0. The van der Waals surface area contributed by atoms with Crippen molar-refractivity contribution in [2.45, 2.75) is 6.54 Å². The van der Waals surface area contributed by atoms with E-state index in [0.717, 1.165) is 4.90 Å². The van der Waals surface area contributed by atoms with Crippen LogP contribution < -0.4 is 14.8 Å². The average molecular weight is 430 g/mol. The van der Waals surface area contributed by atoms with Crippen LogP contribution in [-0.4, -0.2) is 54.7 Å². The quantitative estimate of drug-likeness (QED) is 0.363. The van der Waals surface area contributed by atoms with E-state index in [9.17, 15) is 19.2 Å². The average Bonchev–Trinajstić information content (AvgIpc) is 3.32. The number of imide groups is 1. The molecule has 3 amide bonds. The number of carboxylic acid groups (broad SMARTS) is 1. The second-order valence-corrected chi connectivity index (χ2v) is 6.20. The monoisotopic (exact) mass is 430 g/mol. The van der Waals surface area contributed by atoms with E-state index in [-0.39, 0.29) is 35.3 Å². The van der Waals surface area contributed by atoms with Crippen molar-refractivity contribution in [3.63, 3.8) is 0 Å². The molecular weight excluding hydrogens is 412 g/mol. The molecule has 2 aromatic rings. The number of aliphatic carboxylic acids is 1. The lowest BCUT2D eigenvalue weighted by atomic mass is 10.1. The normalized spacial score (nSPS) is 14.5. The van der Waals surface area contributed by atoms with Gasteiger partial charge in [0.05, 0.1) is 20.8 Å². The highest BCUT2D eigenvalue weighted by Gasteiger charge is 2.34. The van der Waals surface area contributed by atoms with Gasteiger partial charge in [-0.15, -0.1) is 0 Å². The van der Waals surface area contributed by atoms with Gasteiger partial charge in [0.2, 0.25) is 5.76 Å². The van der Waals surface area contributed by atoms with Crippen LogP contribution in [0.25, 0.3) is 6.08 Å². The molecule has 0 radical (unpaired) electrons. The van der Waals surface area contributed by atoms with Crippen LogP contribution in [0.5, 0.6) is 11.5 Å². The Balaban J connectivity index is 1.84. The van der Waals surface area contributed by atoms with Crippen LogP contribution in [0.3, 0.4) is 0 Å². The van der Waals surface area contributed by atoms with Crippen molar-refractivity contribution < 1.29 is 42.9 Å².